The lowest BCUT2D eigenvalue weighted by Gasteiger charge is -2.36. The van der Waals surface area contributed by atoms with E-state index >= 15 is 0 Å². The Morgan fingerprint density at radius 2 is 2.00 bits per heavy atom. The molecule has 2 aliphatic carbocycles. The number of aromatic nitrogens is 3. The van der Waals surface area contributed by atoms with Crippen LogP contribution in [0.1, 0.15) is 50.9 Å². The van der Waals surface area contributed by atoms with Gasteiger partial charge < -0.3 is 5.32 Å². The quantitative estimate of drug-likeness (QED) is 0.933. The molecule has 1 saturated carbocycles. The topological polar surface area (TPSA) is 67.8 Å². The molecule has 1 fully saturated rings. The first-order chi connectivity index (χ1) is 11.9. The van der Waals surface area contributed by atoms with Crippen molar-refractivity contribution < 1.29 is 4.79 Å². The van der Waals surface area contributed by atoms with Crippen LogP contribution >= 0.6 is 0 Å². The third-order valence-corrected chi connectivity index (χ3v) is 5.38. The maximum absolute atomic E-state index is 12.4. The smallest absolute Gasteiger partial charge is 0.223 e. The Bertz CT molecular complexity index is 803. The van der Waals surface area contributed by atoms with E-state index in [1.54, 1.807) is 12.4 Å². The Kier molecular flexibility index (Phi) is 3.82. The highest BCUT2D eigenvalue weighted by Crippen LogP contribution is 2.42. The predicted octanol–water partition coefficient (Wildman–Crippen LogP) is 3.32. The van der Waals surface area contributed by atoms with Gasteiger partial charge in [0.25, 0.3) is 0 Å². The molecule has 0 radical (unpaired) electrons. The number of rotatable bonds is 3. The zero-order valence-electron chi connectivity index (χ0n) is 15.0. The van der Waals surface area contributed by atoms with Crippen LogP contribution in [0.25, 0.3) is 11.4 Å². The van der Waals surface area contributed by atoms with Crippen molar-refractivity contribution in [1.82, 2.24) is 20.3 Å². The summed E-state index contributed by atoms with van der Waals surface area (Å²) in [6, 6.07) is 3.85. The van der Waals surface area contributed by atoms with Crippen molar-refractivity contribution >= 4 is 5.91 Å². The SMILES string of the molecule is C[C@@H]1C[C@H]1C(=O)N[C@@H]1CC(C)(C)Cc2nc(-c3ccncc3)ncc21. The first-order valence-corrected chi connectivity index (χ1v) is 8.99. The van der Waals surface area contributed by atoms with E-state index in [1.807, 2.05) is 18.3 Å². The van der Waals surface area contributed by atoms with Gasteiger partial charge in [0.1, 0.15) is 0 Å². The van der Waals surface area contributed by atoms with E-state index in [1.165, 1.54) is 0 Å². The number of nitrogens with one attached hydrogen (secondary N) is 1. The van der Waals surface area contributed by atoms with Crippen LogP contribution in [0, 0.1) is 17.3 Å². The van der Waals surface area contributed by atoms with Crippen LogP contribution in [0.3, 0.4) is 0 Å². The number of hydrogen-bond acceptors (Lipinski definition) is 4. The fraction of sp³-hybridized carbons (Fsp3) is 0.500. The van der Waals surface area contributed by atoms with Crippen molar-refractivity contribution in [2.45, 2.75) is 46.1 Å². The van der Waals surface area contributed by atoms with Gasteiger partial charge in [-0.15, -0.1) is 0 Å². The Balaban J connectivity index is 1.65. The molecule has 3 atom stereocenters. The zero-order chi connectivity index (χ0) is 17.6. The minimum Gasteiger partial charge on any atom is -0.349 e. The maximum atomic E-state index is 12.4. The molecule has 0 saturated heterocycles. The average Bonchev–Trinajstić information content (AvgIpc) is 3.31. The fourth-order valence-electron chi connectivity index (χ4n) is 3.78. The van der Waals surface area contributed by atoms with E-state index in [4.69, 9.17) is 4.98 Å². The molecular formula is C20H24N4O. The first-order valence-electron chi connectivity index (χ1n) is 8.99. The van der Waals surface area contributed by atoms with Crippen molar-refractivity contribution in [3.8, 4) is 11.4 Å². The van der Waals surface area contributed by atoms with Gasteiger partial charge in [0.05, 0.1) is 11.7 Å². The van der Waals surface area contributed by atoms with Gasteiger partial charge >= 0.3 is 0 Å². The number of nitrogens with zero attached hydrogens (tertiary/aromatic N) is 3. The lowest BCUT2D eigenvalue weighted by atomic mass is 9.74. The van der Waals surface area contributed by atoms with Crippen molar-refractivity contribution in [2.75, 3.05) is 0 Å². The third-order valence-electron chi connectivity index (χ3n) is 5.38. The van der Waals surface area contributed by atoms with E-state index in [9.17, 15) is 4.79 Å². The molecule has 25 heavy (non-hydrogen) atoms. The van der Waals surface area contributed by atoms with Gasteiger partial charge in [0.2, 0.25) is 5.91 Å². The van der Waals surface area contributed by atoms with Gasteiger partial charge in [-0.1, -0.05) is 20.8 Å². The van der Waals surface area contributed by atoms with Crippen LogP contribution in [0.2, 0.25) is 0 Å². The maximum Gasteiger partial charge on any atom is 0.223 e. The second-order valence-electron chi connectivity index (χ2n) is 8.26. The van der Waals surface area contributed by atoms with Gasteiger partial charge in [-0.3, -0.25) is 9.78 Å². The highest BCUT2D eigenvalue weighted by atomic mass is 16.2. The number of amides is 1. The number of pyridine rings is 1. The summed E-state index contributed by atoms with van der Waals surface area (Å²) in [6.45, 7) is 6.61. The molecule has 2 aliphatic rings. The van der Waals surface area contributed by atoms with E-state index in [0.717, 1.165) is 41.9 Å². The monoisotopic (exact) mass is 336 g/mol. The van der Waals surface area contributed by atoms with Crippen LogP contribution in [-0.2, 0) is 11.2 Å². The van der Waals surface area contributed by atoms with Crippen LogP contribution < -0.4 is 5.32 Å². The highest BCUT2D eigenvalue weighted by molar-refractivity contribution is 5.82. The molecule has 130 valence electrons. The second-order valence-corrected chi connectivity index (χ2v) is 8.26. The summed E-state index contributed by atoms with van der Waals surface area (Å²) >= 11 is 0. The van der Waals surface area contributed by atoms with Crippen molar-refractivity contribution in [1.29, 1.82) is 0 Å². The molecule has 2 aromatic heterocycles. The zero-order valence-corrected chi connectivity index (χ0v) is 15.0. The van der Waals surface area contributed by atoms with Gasteiger partial charge in [-0.05, 0) is 42.7 Å². The molecule has 2 aromatic rings. The van der Waals surface area contributed by atoms with E-state index < -0.39 is 0 Å². The van der Waals surface area contributed by atoms with Gasteiger partial charge in [0.15, 0.2) is 5.82 Å². The van der Waals surface area contributed by atoms with E-state index in [0.29, 0.717) is 5.92 Å². The molecular weight excluding hydrogens is 312 g/mol. The van der Waals surface area contributed by atoms with Crippen LogP contribution in [0.15, 0.2) is 30.7 Å². The fourth-order valence-corrected chi connectivity index (χ4v) is 3.78. The minimum absolute atomic E-state index is 0.00513. The van der Waals surface area contributed by atoms with Crippen molar-refractivity contribution in [2.24, 2.45) is 17.3 Å². The summed E-state index contributed by atoms with van der Waals surface area (Å²) in [7, 11) is 0. The number of hydrogen-bond donors (Lipinski definition) is 1. The normalized spacial score (nSPS) is 26.6. The standard InChI is InChI=1S/C20H24N4O/c1-12-8-14(12)19(25)24-17-10-20(2,3)9-16-15(17)11-22-18(23-16)13-4-6-21-7-5-13/h4-7,11-12,14,17H,8-10H2,1-3H3,(H,24,25)/t12-,14-,17-/m1/s1. The molecule has 2 heterocycles. The largest absolute Gasteiger partial charge is 0.349 e. The highest BCUT2D eigenvalue weighted by Gasteiger charge is 2.41. The third kappa shape index (κ3) is 3.28. The van der Waals surface area contributed by atoms with Crippen molar-refractivity contribution in [3.63, 3.8) is 0 Å². The molecule has 0 bridgehead atoms. The molecule has 0 spiro atoms. The van der Waals surface area contributed by atoms with E-state index in [2.05, 4.69) is 36.1 Å². The summed E-state index contributed by atoms with van der Waals surface area (Å²) in [5.41, 5.74) is 3.18. The molecule has 0 unspecified atom stereocenters. The summed E-state index contributed by atoms with van der Waals surface area (Å²) in [4.78, 5) is 25.9. The lowest BCUT2D eigenvalue weighted by molar-refractivity contribution is -0.123. The van der Waals surface area contributed by atoms with Gasteiger partial charge in [-0.2, -0.15) is 0 Å². The molecule has 4 rings (SSSR count). The second kappa shape index (κ2) is 5.90. The number of fused-ring (bicyclic) bond motifs is 1. The van der Waals surface area contributed by atoms with E-state index in [-0.39, 0.29) is 23.3 Å². The first kappa shape index (κ1) is 16.2. The van der Waals surface area contributed by atoms with Crippen LogP contribution in [0.5, 0.6) is 0 Å². The minimum atomic E-state index is 0.00513. The summed E-state index contributed by atoms with van der Waals surface area (Å²) in [5, 5.41) is 3.25. The molecule has 0 aliphatic heterocycles. The molecule has 1 amide bonds. The van der Waals surface area contributed by atoms with Crippen LogP contribution in [0.4, 0.5) is 0 Å². The number of carbonyl (C=O) groups excluding carboxylic acids is 1. The van der Waals surface area contributed by atoms with Gasteiger partial charge in [0, 0.05) is 35.6 Å². The summed E-state index contributed by atoms with van der Waals surface area (Å²) in [6.07, 6.45) is 8.23. The number of carbonyl (C=O) groups is 1. The van der Waals surface area contributed by atoms with Crippen molar-refractivity contribution in [3.05, 3.63) is 42.0 Å². The Morgan fingerprint density at radius 3 is 2.68 bits per heavy atom. The Labute approximate surface area is 148 Å². The molecule has 1 N–H and O–H groups in total. The summed E-state index contributed by atoms with van der Waals surface area (Å²) < 4.78 is 0. The molecule has 5 nitrogen and oxygen atoms in total. The van der Waals surface area contributed by atoms with Gasteiger partial charge in [-0.25, -0.2) is 9.97 Å². The Hall–Kier alpha value is -2.30. The Morgan fingerprint density at radius 1 is 1.28 bits per heavy atom. The lowest BCUT2D eigenvalue weighted by Crippen LogP contribution is -2.38. The summed E-state index contributed by atoms with van der Waals surface area (Å²) in [5.74, 6) is 1.60. The predicted molar refractivity (Wildman–Crippen MR) is 95.5 cm³/mol. The average molecular weight is 336 g/mol. The van der Waals surface area contributed by atoms with Crippen LogP contribution in [-0.4, -0.2) is 20.9 Å². The molecule has 5 heteroatoms. The molecule has 0 aromatic carbocycles.